The van der Waals surface area contributed by atoms with E-state index in [1.165, 1.54) is 7.11 Å². The lowest BCUT2D eigenvalue weighted by atomic mass is 9.88. The highest BCUT2D eigenvalue weighted by Crippen LogP contribution is 2.32. The van der Waals surface area contributed by atoms with Gasteiger partial charge in [-0.2, -0.15) is 0 Å². The van der Waals surface area contributed by atoms with Gasteiger partial charge < -0.3 is 15.4 Å². The number of benzene rings is 2. The Morgan fingerprint density at radius 3 is 2.55 bits per heavy atom. The van der Waals surface area contributed by atoms with Gasteiger partial charge in [-0.05, 0) is 43.5 Å². The molecule has 2 aromatic rings. The second-order valence-electron chi connectivity index (χ2n) is 7.11. The Labute approximate surface area is 174 Å². The van der Waals surface area contributed by atoms with Crippen molar-refractivity contribution in [3.63, 3.8) is 0 Å². The zero-order valence-corrected chi connectivity index (χ0v) is 17.4. The first kappa shape index (κ1) is 20.7. The van der Waals surface area contributed by atoms with E-state index in [0.29, 0.717) is 22.0 Å². The quantitative estimate of drug-likeness (QED) is 0.733. The van der Waals surface area contributed by atoms with Crippen LogP contribution in [0, 0.1) is 13.8 Å². The molecule has 3 rings (SSSR count). The van der Waals surface area contributed by atoms with Crippen LogP contribution in [0.3, 0.4) is 0 Å². The average molecular weight is 416 g/mol. The molecular weight excluding hydrogens is 394 g/mol. The number of aryl methyl sites for hydroxylation is 2. The standard InChI is InChI=1S/C21H22ClN3O4/c1-12-7-5-6-8-14(12)21(3)19(27)25(20(28)24-21)11-18(26)23-16-9-13(2)15(22)10-17(16)29-4/h5-10H,11H2,1-4H3,(H,23,26)(H,24,28). The number of nitrogens with one attached hydrogen (secondary N) is 2. The van der Waals surface area contributed by atoms with E-state index in [-0.39, 0.29) is 0 Å². The highest BCUT2D eigenvalue weighted by atomic mass is 35.5. The number of anilines is 1. The molecule has 1 unspecified atom stereocenters. The van der Waals surface area contributed by atoms with Crippen molar-refractivity contribution in [2.45, 2.75) is 26.3 Å². The maximum atomic E-state index is 13.0. The molecule has 4 amide bonds. The molecule has 0 spiro atoms. The highest BCUT2D eigenvalue weighted by Gasteiger charge is 2.50. The maximum absolute atomic E-state index is 13.0. The second kappa shape index (κ2) is 7.75. The van der Waals surface area contributed by atoms with Crippen molar-refractivity contribution in [1.29, 1.82) is 0 Å². The van der Waals surface area contributed by atoms with E-state index in [1.54, 1.807) is 38.1 Å². The Kier molecular flexibility index (Phi) is 5.53. The van der Waals surface area contributed by atoms with Crippen molar-refractivity contribution in [2.24, 2.45) is 0 Å². The molecule has 0 aliphatic carbocycles. The van der Waals surface area contributed by atoms with Crippen LogP contribution in [-0.4, -0.2) is 36.4 Å². The first-order valence-corrected chi connectivity index (χ1v) is 9.39. The Hall–Kier alpha value is -3.06. The molecule has 1 fully saturated rings. The first-order valence-electron chi connectivity index (χ1n) is 9.01. The summed E-state index contributed by atoms with van der Waals surface area (Å²) in [7, 11) is 1.46. The molecule has 29 heavy (non-hydrogen) atoms. The van der Waals surface area contributed by atoms with Gasteiger partial charge >= 0.3 is 6.03 Å². The number of methoxy groups -OCH3 is 1. The Morgan fingerprint density at radius 1 is 1.21 bits per heavy atom. The van der Waals surface area contributed by atoms with E-state index < -0.39 is 29.9 Å². The Bertz CT molecular complexity index is 1010. The van der Waals surface area contributed by atoms with Gasteiger partial charge in [-0.3, -0.25) is 14.5 Å². The van der Waals surface area contributed by atoms with Crippen LogP contribution in [-0.2, 0) is 15.1 Å². The number of urea groups is 1. The van der Waals surface area contributed by atoms with Gasteiger partial charge in [0, 0.05) is 11.1 Å². The summed E-state index contributed by atoms with van der Waals surface area (Å²) in [6.07, 6.45) is 0. The van der Waals surface area contributed by atoms with Crippen molar-refractivity contribution in [2.75, 3.05) is 19.0 Å². The van der Waals surface area contributed by atoms with Gasteiger partial charge in [-0.25, -0.2) is 4.79 Å². The molecule has 1 aliphatic heterocycles. The Morgan fingerprint density at radius 2 is 1.90 bits per heavy atom. The molecule has 0 radical (unpaired) electrons. The zero-order valence-electron chi connectivity index (χ0n) is 16.6. The van der Waals surface area contributed by atoms with Crippen LogP contribution in [0.4, 0.5) is 10.5 Å². The fraction of sp³-hybridized carbons (Fsp3) is 0.286. The predicted molar refractivity (Wildman–Crippen MR) is 110 cm³/mol. The summed E-state index contributed by atoms with van der Waals surface area (Å²) in [5.41, 5.74) is 1.50. The van der Waals surface area contributed by atoms with Crippen molar-refractivity contribution in [3.05, 3.63) is 58.1 Å². The minimum Gasteiger partial charge on any atom is -0.495 e. The van der Waals surface area contributed by atoms with E-state index in [0.717, 1.165) is 16.0 Å². The number of halogens is 1. The molecule has 7 nitrogen and oxygen atoms in total. The van der Waals surface area contributed by atoms with Crippen LogP contribution in [0.1, 0.15) is 23.6 Å². The highest BCUT2D eigenvalue weighted by molar-refractivity contribution is 6.31. The van der Waals surface area contributed by atoms with E-state index in [1.807, 2.05) is 19.1 Å². The third kappa shape index (κ3) is 3.78. The van der Waals surface area contributed by atoms with Gasteiger partial charge in [0.1, 0.15) is 17.8 Å². The molecule has 8 heteroatoms. The number of amides is 4. The zero-order chi connectivity index (χ0) is 21.3. The van der Waals surface area contributed by atoms with Gasteiger partial charge in [0.2, 0.25) is 5.91 Å². The van der Waals surface area contributed by atoms with Crippen LogP contribution >= 0.6 is 11.6 Å². The van der Waals surface area contributed by atoms with Crippen LogP contribution < -0.4 is 15.4 Å². The lowest BCUT2D eigenvalue weighted by Crippen LogP contribution is -2.42. The van der Waals surface area contributed by atoms with Gasteiger partial charge in [0.05, 0.1) is 12.8 Å². The number of ether oxygens (including phenoxy) is 1. The third-order valence-corrected chi connectivity index (χ3v) is 5.42. The number of nitrogens with zero attached hydrogens (tertiary/aromatic N) is 1. The molecule has 152 valence electrons. The van der Waals surface area contributed by atoms with E-state index in [4.69, 9.17) is 16.3 Å². The number of carbonyl (C=O) groups excluding carboxylic acids is 3. The normalized spacial score (nSPS) is 18.6. The van der Waals surface area contributed by atoms with E-state index >= 15 is 0 Å². The molecule has 1 heterocycles. The average Bonchev–Trinajstić information content (AvgIpc) is 2.88. The molecular formula is C21H22ClN3O4. The molecule has 1 atom stereocenters. The first-order chi connectivity index (χ1) is 13.7. The van der Waals surface area contributed by atoms with E-state index in [2.05, 4.69) is 10.6 Å². The minimum absolute atomic E-state index is 0.385. The second-order valence-corrected chi connectivity index (χ2v) is 7.52. The number of carbonyl (C=O) groups is 3. The van der Waals surface area contributed by atoms with Gasteiger partial charge in [-0.15, -0.1) is 0 Å². The third-order valence-electron chi connectivity index (χ3n) is 5.02. The summed E-state index contributed by atoms with van der Waals surface area (Å²) in [4.78, 5) is 39.0. The summed E-state index contributed by atoms with van der Waals surface area (Å²) >= 11 is 6.08. The SMILES string of the molecule is COc1cc(Cl)c(C)cc1NC(=O)CN1C(=O)NC(C)(c2ccccc2C)C1=O. The predicted octanol–water partition coefficient (Wildman–Crippen LogP) is 3.37. The number of imide groups is 1. The van der Waals surface area contributed by atoms with Crippen molar-refractivity contribution in [3.8, 4) is 5.75 Å². The summed E-state index contributed by atoms with van der Waals surface area (Å²) < 4.78 is 5.24. The van der Waals surface area contributed by atoms with Gasteiger partial charge in [0.25, 0.3) is 5.91 Å². The van der Waals surface area contributed by atoms with Gasteiger partial charge in [-0.1, -0.05) is 35.9 Å². The summed E-state index contributed by atoms with van der Waals surface area (Å²) in [6, 6.07) is 9.96. The van der Waals surface area contributed by atoms with Gasteiger partial charge in [0.15, 0.2) is 0 Å². The lowest BCUT2D eigenvalue weighted by Gasteiger charge is -2.24. The summed E-state index contributed by atoms with van der Waals surface area (Å²) in [5, 5.41) is 5.89. The van der Waals surface area contributed by atoms with Crippen molar-refractivity contribution < 1.29 is 19.1 Å². The Balaban J connectivity index is 1.80. The topological polar surface area (TPSA) is 87.7 Å². The fourth-order valence-corrected chi connectivity index (χ4v) is 3.57. The summed E-state index contributed by atoms with van der Waals surface area (Å²) in [6.45, 7) is 4.88. The van der Waals surface area contributed by atoms with Crippen molar-refractivity contribution in [1.82, 2.24) is 10.2 Å². The van der Waals surface area contributed by atoms with Crippen LogP contribution in [0.15, 0.2) is 36.4 Å². The number of rotatable bonds is 5. The van der Waals surface area contributed by atoms with Crippen LogP contribution in [0.25, 0.3) is 0 Å². The fourth-order valence-electron chi connectivity index (χ4n) is 3.42. The molecule has 1 aliphatic rings. The molecule has 1 saturated heterocycles. The lowest BCUT2D eigenvalue weighted by molar-refractivity contribution is -0.133. The molecule has 0 saturated carbocycles. The molecule has 0 bridgehead atoms. The number of hydrogen-bond acceptors (Lipinski definition) is 4. The minimum atomic E-state index is -1.22. The molecule has 2 aromatic carbocycles. The summed E-state index contributed by atoms with van der Waals surface area (Å²) in [5.74, 6) is -0.621. The molecule has 0 aromatic heterocycles. The molecule has 2 N–H and O–H groups in total. The largest absolute Gasteiger partial charge is 0.495 e. The monoisotopic (exact) mass is 415 g/mol. The smallest absolute Gasteiger partial charge is 0.325 e. The number of hydrogen-bond donors (Lipinski definition) is 2. The van der Waals surface area contributed by atoms with Crippen LogP contribution in [0.2, 0.25) is 5.02 Å². The maximum Gasteiger partial charge on any atom is 0.325 e. The van der Waals surface area contributed by atoms with E-state index in [9.17, 15) is 14.4 Å². The van der Waals surface area contributed by atoms with Crippen LogP contribution in [0.5, 0.6) is 5.75 Å². The van der Waals surface area contributed by atoms with Crippen molar-refractivity contribution >= 4 is 35.1 Å².